The van der Waals surface area contributed by atoms with Crippen LogP contribution in [0.5, 0.6) is 0 Å². The van der Waals surface area contributed by atoms with Crippen molar-refractivity contribution in [2.45, 2.75) is 38.3 Å². The largest absolute Gasteiger partial charge is 0.353 e. The van der Waals surface area contributed by atoms with Crippen LogP contribution in [0.1, 0.15) is 30.7 Å². The molecule has 0 aliphatic heterocycles. The maximum atomic E-state index is 4.40. The van der Waals surface area contributed by atoms with Gasteiger partial charge in [-0.1, -0.05) is 6.07 Å². The second kappa shape index (κ2) is 4.53. The van der Waals surface area contributed by atoms with Gasteiger partial charge in [0.1, 0.15) is 0 Å². The quantitative estimate of drug-likeness (QED) is 0.878. The van der Waals surface area contributed by atoms with Gasteiger partial charge in [-0.3, -0.25) is 0 Å². The zero-order chi connectivity index (χ0) is 11.7. The summed E-state index contributed by atoms with van der Waals surface area (Å²) < 4.78 is 2.25. The Morgan fingerprint density at radius 2 is 2.47 bits per heavy atom. The third-order valence-corrected chi connectivity index (χ3v) is 4.03. The smallest absolute Gasteiger partial charge is 0.203 e. The molecule has 3 nitrogen and oxygen atoms in total. The van der Waals surface area contributed by atoms with Gasteiger partial charge in [-0.2, -0.15) is 0 Å². The Balaban J connectivity index is 1.71. The first-order valence-electron chi connectivity index (χ1n) is 6.14. The van der Waals surface area contributed by atoms with Crippen LogP contribution in [0.25, 0.3) is 0 Å². The molecule has 1 fully saturated rings. The predicted molar refractivity (Wildman–Crippen MR) is 71.6 cm³/mol. The molecule has 1 aliphatic rings. The average molecular weight is 247 g/mol. The van der Waals surface area contributed by atoms with E-state index in [9.17, 15) is 0 Å². The van der Waals surface area contributed by atoms with Gasteiger partial charge in [-0.15, -0.1) is 11.3 Å². The lowest BCUT2D eigenvalue weighted by Crippen LogP contribution is -2.13. The van der Waals surface area contributed by atoms with Gasteiger partial charge in [-0.25, -0.2) is 4.98 Å². The van der Waals surface area contributed by atoms with Crippen LogP contribution in [-0.2, 0) is 6.42 Å². The van der Waals surface area contributed by atoms with E-state index < -0.39 is 0 Å². The Labute approximate surface area is 106 Å². The van der Waals surface area contributed by atoms with Crippen LogP contribution in [0.3, 0.4) is 0 Å². The minimum absolute atomic E-state index is 0.456. The Hall–Kier alpha value is -1.29. The molecule has 2 aromatic rings. The van der Waals surface area contributed by atoms with Crippen molar-refractivity contribution in [3.63, 3.8) is 0 Å². The van der Waals surface area contributed by atoms with Gasteiger partial charge in [0.25, 0.3) is 0 Å². The molecule has 90 valence electrons. The molecule has 4 heteroatoms. The van der Waals surface area contributed by atoms with Gasteiger partial charge in [0.2, 0.25) is 5.95 Å². The predicted octanol–water partition coefficient (Wildman–Crippen LogP) is 3.32. The third kappa shape index (κ3) is 2.52. The first-order valence-corrected chi connectivity index (χ1v) is 7.02. The molecule has 0 aromatic carbocycles. The van der Waals surface area contributed by atoms with Crippen LogP contribution >= 0.6 is 11.3 Å². The molecule has 0 spiro atoms. The fraction of sp³-hybridized carbons (Fsp3) is 0.462. The summed E-state index contributed by atoms with van der Waals surface area (Å²) in [4.78, 5) is 5.84. The highest BCUT2D eigenvalue weighted by atomic mass is 32.1. The van der Waals surface area contributed by atoms with Crippen molar-refractivity contribution < 1.29 is 0 Å². The number of imidazole rings is 1. The Morgan fingerprint density at radius 1 is 1.59 bits per heavy atom. The zero-order valence-corrected chi connectivity index (χ0v) is 10.8. The first-order chi connectivity index (χ1) is 8.33. The van der Waals surface area contributed by atoms with Crippen molar-refractivity contribution >= 4 is 17.3 Å². The van der Waals surface area contributed by atoms with E-state index in [4.69, 9.17) is 0 Å². The molecule has 2 heterocycles. The summed E-state index contributed by atoms with van der Waals surface area (Å²) in [5, 5.41) is 5.62. The minimum atomic E-state index is 0.456. The summed E-state index contributed by atoms with van der Waals surface area (Å²) in [6, 6.07) is 5.43. The lowest BCUT2D eigenvalue weighted by atomic mass is 10.2. The van der Waals surface area contributed by atoms with Crippen LogP contribution in [-0.4, -0.2) is 15.6 Å². The highest BCUT2D eigenvalue weighted by molar-refractivity contribution is 7.09. The maximum absolute atomic E-state index is 4.40. The molecule has 1 unspecified atom stereocenters. The molecule has 1 aliphatic carbocycles. The summed E-state index contributed by atoms with van der Waals surface area (Å²) in [6.07, 6.45) is 7.60. The van der Waals surface area contributed by atoms with Gasteiger partial charge >= 0.3 is 0 Å². The monoisotopic (exact) mass is 247 g/mol. The Morgan fingerprint density at radius 3 is 3.18 bits per heavy atom. The van der Waals surface area contributed by atoms with Crippen LogP contribution in [0.2, 0.25) is 0 Å². The second-order valence-corrected chi connectivity index (χ2v) is 5.74. The lowest BCUT2D eigenvalue weighted by molar-refractivity contribution is 0.553. The van der Waals surface area contributed by atoms with E-state index in [2.05, 4.69) is 45.5 Å². The lowest BCUT2D eigenvalue weighted by Gasteiger charge is -2.16. The number of nitrogens with zero attached hydrogens (tertiary/aromatic N) is 2. The van der Waals surface area contributed by atoms with Crippen molar-refractivity contribution in [2.24, 2.45) is 0 Å². The van der Waals surface area contributed by atoms with Gasteiger partial charge < -0.3 is 9.88 Å². The van der Waals surface area contributed by atoms with E-state index in [1.807, 2.05) is 17.5 Å². The van der Waals surface area contributed by atoms with Gasteiger partial charge in [0.05, 0.1) is 0 Å². The number of thiophene rings is 1. The SMILES string of the molecule is CC(Cc1cccs1)n1ccnc1NC1CC1. The van der Waals surface area contributed by atoms with E-state index in [1.54, 1.807) is 0 Å². The van der Waals surface area contributed by atoms with E-state index >= 15 is 0 Å². The average Bonchev–Trinajstić information content (AvgIpc) is 2.80. The van der Waals surface area contributed by atoms with Crippen LogP contribution < -0.4 is 5.32 Å². The number of nitrogens with one attached hydrogen (secondary N) is 1. The molecular weight excluding hydrogens is 230 g/mol. The van der Waals surface area contributed by atoms with Crippen molar-refractivity contribution in [2.75, 3.05) is 5.32 Å². The highest BCUT2D eigenvalue weighted by Crippen LogP contribution is 2.26. The molecule has 0 radical (unpaired) electrons. The normalized spacial score (nSPS) is 17.0. The second-order valence-electron chi connectivity index (χ2n) is 4.71. The third-order valence-electron chi connectivity index (χ3n) is 3.13. The Bertz CT molecular complexity index is 471. The van der Waals surface area contributed by atoms with E-state index in [-0.39, 0.29) is 0 Å². The molecular formula is C13H17N3S. The van der Waals surface area contributed by atoms with Crippen LogP contribution in [0.4, 0.5) is 5.95 Å². The molecule has 17 heavy (non-hydrogen) atoms. The molecule has 1 atom stereocenters. The molecule has 0 saturated heterocycles. The molecule has 0 amide bonds. The summed E-state index contributed by atoms with van der Waals surface area (Å²) >= 11 is 1.83. The van der Waals surface area contributed by atoms with Crippen LogP contribution in [0, 0.1) is 0 Å². The van der Waals surface area contributed by atoms with Crippen LogP contribution in [0.15, 0.2) is 29.9 Å². The Kier molecular flexibility index (Phi) is 2.89. The van der Waals surface area contributed by atoms with E-state index in [0.717, 1.165) is 12.4 Å². The first kappa shape index (κ1) is 10.8. The standard InChI is InChI=1S/C13H17N3S/c1-10(9-12-3-2-8-17-12)16-7-6-14-13(16)15-11-4-5-11/h2-3,6-8,10-11H,4-5,9H2,1H3,(H,14,15). The number of hydrogen-bond donors (Lipinski definition) is 1. The van der Waals surface area contributed by atoms with Crippen molar-refractivity contribution in [1.82, 2.24) is 9.55 Å². The minimum Gasteiger partial charge on any atom is -0.353 e. The summed E-state index contributed by atoms with van der Waals surface area (Å²) in [7, 11) is 0. The van der Waals surface area contributed by atoms with Crippen molar-refractivity contribution in [3.05, 3.63) is 34.8 Å². The van der Waals surface area contributed by atoms with Crippen molar-refractivity contribution in [1.29, 1.82) is 0 Å². The topological polar surface area (TPSA) is 29.9 Å². The fourth-order valence-electron chi connectivity index (χ4n) is 2.01. The maximum Gasteiger partial charge on any atom is 0.203 e. The molecule has 3 rings (SSSR count). The van der Waals surface area contributed by atoms with E-state index in [1.165, 1.54) is 17.7 Å². The fourth-order valence-corrected chi connectivity index (χ4v) is 2.84. The summed E-state index contributed by atoms with van der Waals surface area (Å²) in [5.74, 6) is 1.02. The molecule has 0 bridgehead atoms. The summed E-state index contributed by atoms with van der Waals surface area (Å²) in [6.45, 7) is 2.25. The number of aromatic nitrogens is 2. The molecule has 1 N–H and O–H groups in total. The van der Waals surface area contributed by atoms with Gasteiger partial charge in [0.15, 0.2) is 0 Å². The molecule has 1 saturated carbocycles. The molecule has 2 aromatic heterocycles. The number of rotatable bonds is 5. The van der Waals surface area contributed by atoms with E-state index in [0.29, 0.717) is 12.1 Å². The number of hydrogen-bond acceptors (Lipinski definition) is 3. The van der Waals surface area contributed by atoms with Gasteiger partial charge in [0, 0.05) is 35.8 Å². The zero-order valence-electron chi connectivity index (χ0n) is 9.97. The van der Waals surface area contributed by atoms with Crippen molar-refractivity contribution in [3.8, 4) is 0 Å². The number of anilines is 1. The highest BCUT2D eigenvalue weighted by Gasteiger charge is 2.23. The summed E-state index contributed by atoms with van der Waals surface area (Å²) in [5.41, 5.74) is 0. The van der Waals surface area contributed by atoms with Gasteiger partial charge in [-0.05, 0) is 31.2 Å².